The number of nitrogens with one attached hydrogen (secondary N) is 1. The molecule has 0 fully saturated rings. The molecule has 0 amide bonds. The number of hydrogen-bond acceptors (Lipinski definition) is 2. The van der Waals surface area contributed by atoms with Crippen LogP contribution in [0.1, 0.15) is 0 Å². The van der Waals surface area contributed by atoms with Crippen LogP contribution < -0.4 is 5.56 Å². The molecule has 0 aliphatic carbocycles. The smallest absolute Gasteiger partial charge is 0.292 e. The maximum absolute atomic E-state index is 11.8. The molecule has 0 bridgehead atoms. The molecule has 0 radical (unpaired) electrons. The van der Waals surface area contributed by atoms with Gasteiger partial charge in [-0.15, -0.1) is 0 Å². The first-order valence-electron chi connectivity index (χ1n) is 5.16. The lowest BCUT2D eigenvalue weighted by Crippen LogP contribution is -2.10. The van der Waals surface area contributed by atoms with Gasteiger partial charge in [-0.05, 0) is 12.1 Å². The molecule has 2 aromatic heterocycles. The molecule has 90 valence electrons. The van der Waals surface area contributed by atoms with Crippen molar-refractivity contribution in [3.63, 3.8) is 0 Å². The number of aromatic nitrogens is 3. The van der Waals surface area contributed by atoms with Gasteiger partial charge in [-0.25, -0.2) is 4.98 Å². The molecule has 3 aromatic rings. The van der Waals surface area contributed by atoms with E-state index in [1.165, 1.54) is 0 Å². The highest BCUT2D eigenvalue weighted by atomic mass is 35.5. The van der Waals surface area contributed by atoms with E-state index in [1.807, 2.05) is 0 Å². The minimum absolute atomic E-state index is 0.247. The average molecular weight is 280 g/mol. The molecule has 18 heavy (non-hydrogen) atoms. The van der Waals surface area contributed by atoms with Crippen LogP contribution in [0.15, 0.2) is 41.6 Å². The van der Waals surface area contributed by atoms with Crippen molar-refractivity contribution in [2.75, 3.05) is 0 Å². The second-order valence-electron chi connectivity index (χ2n) is 3.78. The largest absolute Gasteiger partial charge is 0.317 e. The number of imidazole rings is 1. The third-order valence-electron chi connectivity index (χ3n) is 2.62. The van der Waals surface area contributed by atoms with Crippen molar-refractivity contribution < 1.29 is 0 Å². The lowest BCUT2D eigenvalue weighted by atomic mass is 10.1. The van der Waals surface area contributed by atoms with Gasteiger partial charge < -0.3 is 9.38 Å². The Morgan fingerprint density at radius 3 is 2.83 bits per heavy atom. The third kappa shape index (κ3) is 1.79. The molecule has 6 heteroatoms. The van der Waals surface area contributed by atoms with Crippen LogP contribution in [-0.2, 0) is 0 Å². The van der Waals surface area contributed by atoms with Gasteiger partial charge in [-0.1, -0.05) is 29.3 Å². The highest BCUT2D eigenvalue weighted by Gasteiger charge is 2.06. The van der Waals surface area contributed by atoms with Crippen LogP contribution in [0.5, 0.6) is 0 Å². The summed E-state index contributed by atoms with van der Waals surface area (Å²) in [6.45, 7) is 0. The highest BCUT2D eigenvalue weighted by molar-refractivity contribution is 6.42. The molecule has 3 rings (SSSR count). The Hall–Kier alpha value is -1.78. The lowest BCUT2D eigenvalue weighted by Gasteiger charge is -2.04. The van der Waals surface area contributed by atoms with Crippen molar-refractivity contribution in [2.45, 2.75) is 0 Å². The fraction of sp³-hybridized carbons (Fsp3) is 0. The number of benzene rings is 1. The number of rotatable bonds is 1. The van der Waals surface area contributed by atoms with E-state index in [-0.39, 0.29) is 5.56 Å². The fourth-order valence-electron chi connectivity index (χ4n) is 1.75. The van der Waals surface area contributed by atoms with Crippen molar-refractivity contribution in [3.05, 3.63) is 57.2 Å². The van der Waals surface area contributed by atoms with E-state index < -0.39 is 0 Å². The van der Waals surface area contributed by atoms with Crippen LogP contribution in [0.4, 0.5) is 0 Å². The van der Waals surface area contributed by atoms with Gasteiger partial charge in [0.1, 0.15) is 0 Å². The van der Waals surface area contributed by atoms with Crippen LogP contribution in [0, 0.1) is 0 Å². The molecule has 0 saturated carbocycles. The molecule has 1 aromatic carbocycles. The molecule has 2 heterocycles. The molecular weight excluding hydrogens is 273 g/mol. The Morgan fingerprint density at radius 2 is 2.06 bits per heavy atom. The number of aromatic amines is 1. The first-order chi connectivity index (χ1) is 8.65. The van der Waals surface area contributed by atoms with Crippen LogP contribution in [-0.4, -0.2) is 14.4 Å². The zero-order chi connectivity index (χ0) is 12.7. The number of hydrogen-bond donors (Lipinski definition) is 1. The van der Waals surface area contributed by atoms with Crippen LogP contribution >= 0.6 is 23.2 Å². The van der Waals surface area contributed by atoms with Crippen molar-refractivity contribution in [3.8, 4) is 11.3 Å². The maximum Gasteiger partial charge on any atom is 0.292 e. The van der Waals surface area contributed by atoms with Gasteiger partial charge in [0.2, 0.25) is 5.65 Å². The molecule has 1 N–H and O–H groups in total. The van der Waals surface area contributed by atoms with E-state index in [9.17, 15) is 4.79 Å². The summed E-state index contributed by atoms with van der Waals surface area (Å²) in [4.78, 5) is 18.5. The Kier molecular flexibility index (Phi) is 2.61. The molecule has 0 aliphatic heterocycles. The van der Waals surface area contributed by atoms with Crippen LogP contribution in [0.25, 0.3) is 16.9 Å². The highest BCUT2D eigenvalue weighted by Crippen LogP contribution is 2.27. The van der Waals surface area contributed by atoms with Gasteiger partial charge in [-0.2, -0.15) is 0 Å². The van der Waals surface area contributed by atoms with E-state index in [2.05, 4.69) is 9.97 Å². The topological polar surface area (TPSA) is 50.2 Å². The zero-order valence-electron chi connectivity index (χ0n) is 9.02. The molecular formula is C12H7Cl2N3O. The Bertz CT molecular complexity index is 791. The minimum Gasteiger partial charge on any atom is -0.317 e. The molecule has 0 saturated heterocycles. The fourth-order valence-corrected chi connectivity index (χ4v) is 2.05. The molecule has 4 nitrogen and oxygen atoms in total. The summed E-state index contributed by atoms with van der Waals surface area (Å²) >= 11 is 11.8. The number of fused-ring (bicyclic) bond motifs is 1. The summed E-state index contributed by atoms with van der Waals surface area (Å²) in [6, 6.07) is 5.19. The number of nitrogens with zero attached hydrogens (tertiary/aromatic N) is 2. The quantitative estimate of drug-likeness (QED) is 0.745. The minimum atomic E-state index is -0.247. The van der Waals surface area contributed by atoms with E-state index in [0.717, 1.165) is 5.56 Å². The van der Waals surface area contributed by atoms with E-state index in [4.69, 9.17) is 23.2 Å². The normalized spacial score (nSPS) is 11.0. The lowest BCUT2D eigenvalue weighted by molar-refractivity contribution is 1.10. The standard InChI is InChI=1S/C12H7Cl2N3O/c13-8-2-1-7(5-9(8)14)10-6-17-4-3-15-11(17)12(18)16-10/h1-6H,(H,16,18). The Morgan fingerprint density at radius 1 is 1.22 bits per heavy atom. The van der Waals surface area contributed by atoms with Gasteiger partial charge >= 0.3 is 0 Å². The van der Waals surface area contributed by atoms with Gasteiger partial charge in [0, 0.05) is 24.2 Å². The summed E-state index contributed by atoms with van der Waals surface area (Å²) in [6.07, 6.45) is 5.07. The first kappa shape index (κ1) is 11.3. The molecule has 0 atom stereocenters. The summed E-state index contributed by atoms with van der Waals surface area (Å²) in [5.41, 5.74) is 1.56. The molecule has 0 unspecified atom stereocenters. The number of halogens is 2. The van der Waals surface area contributed by atoms with Gasteiger partial charge in [0.15, 0.2) is 0 Å². The average Bonchev–Trinajstić information content (AvgIpc) is 2.81. The second kappa shape index (κ2) is 4.15. The van der Waals surface area contributed by atoms with Crippen LogP contribution in [0.3, 0.4) is 0 Å². The zero-order valence-corrected chi connectivity index (χ0v) is 10.5. The second-order valence-corrected chi connectivity index (χ2v) is 4.60. The van der Waals surface area contributed by atoms with Crippen molar-refractivity contribution in [1.29, 1.82) is 0 Å². The van der Waals surface area contributed by atoms with Gasteiger partial charge in [0.25, 0.3) is 5.56 Å². The van der Waals surface area contributed by atoms with E-state index in [0.29, 0.717) is 21.4 Å². The summed E-state index contributed by atoms with van der Waals surface area (Å²) in [5.74, 6) is 0. The van der Waals surface area contributed by atoms with Gasteiger partial charge in [-0.3, -0.25) is 4.79 Å². The van der Waals surface area contributed by atoms with Crippen molar-refractivity contribution >= 4 is 28.8 Å². The predicted molar refractivity (Wildman–Crippen MR) is 71.3 cm³/mol. The Balaban J connectivity index is 2.24. The summed E-state index contributed by atoms with van der Waals surface area (Å²) < 4.78 is 1.66. The van der Waals surface area contributed by atoms with Crippen molar-refractivity contribution in [2.24, 2.45) is 0 Å². The van der Waals surface area contributed by atoms with E-state index >= 15 is 0 Å². The summed E-state index contributed by atoms with van der Waals surface area (Å²) in [5, 5.41) is 0.923. The maximum atomic E-state index is 11.8. The first-order valence-corrected chi connectivity index (χ1v) is 5.92. The Labute approximate surface area is 112 Å². The van der Waals surface area contributed by atoms with Crippen LogP contribution in [0.2, 0.25) is 10.0 Å². The monoisotopic (exact) mass is 279 g/mol. The predicted octanol–water partition coefficient (Wildman–Crippen LogP) is 3.00. The SMILES string of the molecule is O=c1[nH]c(-c2ccc(Cl)c(Cl)c2)cn2ccnc12. The molecule has 0 aliphatic rings. The summed E-state index contributed by atoms with van der Waals surface area (Å²) in [7, 11) is 0. The van der Waals surface area contributed by atoms with Crippen molar-refractivity contribution in [1.82, 2.24) is 14.4 Å². The van der Waals surface area contributed by atoms with E-state index in [1.54, 1.807) is 41.2 Å². The van der Waals surface area contributed by atoms with Gasteiger partial charge in [0.05, 0.1) is 15.7 Å². The molecule has 0 spiro atoms. The third-order valence-corrected chi connectivity index (χ3v) is 3.36. The number of H-pyrrole nitrogens is 1.